The van der Waals surface area contributed by atoms with Gasteiger partial charge in [0.1, 0.15) is 11.6 Å². The summed E-state index contributed by atoms with van der Waals surface area (Å²) in [6.45, 7) is 3.92. The zero-order valence-corrected chi connectivity index (χ0v) is 13.3. The Labute approximate surface area is 127 Å². The fourth-order valence-electron chi connectivity index (χ4n) is 2.08. The number of halogens is 2. The number of aryl methyl sites for hydroxylation is 1. The second kappa shape index (κ2) is 6.27. The van der Waals surface area contributed by atoms with E-state index >= 15 is 0 Å². The fraction of sp³-hybridized carbons (Fsp3) is 0.250. The van der Waals surface area contributed by atoms with Gasteiger partial charge in [0.2, 0.25) is 0 Å². The molecular weight excluding hydrogens is 321 g/mol. The molecule has 0 amide bonds. The van der Waals surface area contributed by atoms with Crippen molar-refractivity contribution < 1.29 is 9.13 Å². The van der Waals surface area contributed by atoms with Gasteiger partial charge < -0.3 is 10.1 Å². The first-order valence-corrected chi connectivity index (χ1v) is 7.16. The molecule has 0 saturated carbocycles. The molecule has 4 heteroatoms. The maximum atomic E-state index is 13.9. The van der Waals surface area contributed by atoms with E-state index in [1.165, 1.54) is 6.07 Å². The topological polar surface area (TPSA) is 21.3 Å². The number of benzene rings is 2. The number of ether oxygens (including phenoxy) is 1. The molecule has 0 aliphatic heterocycles. The van der Waals surface area contributed by atoms with Crippen LogP contribution in [0.5, 0.6) is 5.75 Å². The highest BCUT2D eigenvalue weighted by molar-refractivity contribution is 9.10. The van der Waals surface area contributed by atoms with Gasteiger partial charge >= 0.3 is 0 Å². The third kappa shape index (κ3) is 3.31. The van der Waals surface area contributed by atoms with Gasteiger partial charge in [0.15, 0.2) is 0 Å². The third-order valence-corrected chi connectivity index (χ3v) is 3.65. The molecule has 0 aliphatic carbocycles. The van der Waals surface area contributed by atoms with Crippen LogP contribution < -0.4 is 10.1 Å². The van der Waals surface area contributed by atoms with Gasteiger partial charge in [-0.25, -0.2) is 4.39 Å². The molecular formula is C16H17BrFNO. The van der Waals surface area contributed by atoms with Gasteiger partial charge in [-0.1, -0.05) is 22.0 Å². The van der Waals surface area contributed by atoms with Crippen LogP contribution in [-0.4, -0.2) is 7.11 Å². The van der Waals surface area contributed by atoms with Crippen molar-refractivity contribution in [3.05, 3.63) is 57.8 Å². The Morgan fingerprint density at radius 3 is 2.65 bits per heavy atom. The SMILES string of the molecule is COc1cc(C)ccc1NC(C)c1cc(Br)ccc1F. The van der Waals surface area contributed by atoms with Crippen molar-refractivity contribution >= 4 is 21.6 Å². The molecule has 20 heavy (non-hydrogen) atoms. The summed E-state index contributed by atoms with van der Waals surface area (Å²) in [6, 6.07) is 10.7. The number of hydrogen-bond acceptors (Lipinski definition) is 2. The minimum atomic E-state index is -0.223. The predicted molar refractivity (Wildman–Crippen MR) is 83.9 cm³/mol. The molecule has 2 nitrogen and oxygen atoms in total. The normalized spacial score (nSPS) is 12.1. The highest BCUT2D eigenvalue weighted by atomic mass is 79.9. The van der Waals surface area contributed by atoms with Crippen molar-refractivity contribution in [1.82, 2.24) is 0 Å². The van der Waals surface area contributed by atoms with Crippen LogP contribution >= 0.6 is 15.9 Å². The first-order valence-electron chi connectivity index (χ1n) is 6.37. The minimum Gasteiger partial charge on any atom is -0.495 e. The fourth-order valence-corrected chi connectivity index (χ4v) is 2.45. The molecule has 2 aromatic rings. The van der Waals surface area contributed by atoms with E-state index < -0.39 is 0 Å². The monoisotopic (exact) mass is 337 g/mol. The number of anilines is 1. The summed E-state index contributed by atoms with van der Waals surface area (Å²) in [7, 11) is 1.63. The summed E-state index contributed by atoms with van der Waals surface area (Å²) in [5.41, 5.74) is 2.58. The van der Waals surface area contributed by atoms with E-state index in [-0.39, 0.29) is 11.9 Å². The predicted octanol–water partition coefficient (Wildman–Crippen LogP) is 5.08. The minimum absolute atomic E-state index is 0.163. The molecule has 1 N–H and O–H groups in total. The standard InChI is InChI=1S/C16H17BrFNO/c1-10-4-7-15(16(8-10)20-3)19-11(2)13-9-12(17)5-6-14(13)18/h4-9,11,19H,1-3H3. The molecule has 0 aromatic heterocycles. The van der Waals surface area contributed by atoms with Crippen molar-refractivity contribution in [3.63, 3.8) is 0 Å². The number of rotatable bonds is 4. The van der Waals surface area contributed by atoms with Crippen molar-refractivity contribution in [3.8, 4) is 5.75 Å². The maximum Gasteiger partial charge on any atom is 0.142 e. The van der Waals surface area contributed by atoms with Crippen molar-refractivity contribution in [2.75, 3.05) is 12.4 Å². The van der Waals surface area contributed by atoms with Crippen LogP contribution in [0.1, 0.15) is 24.1 Å². The lowest BCUT2D eigenvalue weighted by Gasteiger charge is -2.19. The van der Waals surface area contributed by atoms with Crippen LogP contribution in [0.4, 0.5) is 10.1 Å². The second-order valence-corrected chi connectivity index (χ2v) is 5.65. The summed E-state index contributed by atoms with van der Waals surface area (Å²) in [5, 5.41) is 3.29. The Balaban J connectivity index is 2.27. The van der Waals surface area contributed by atoms with Crippen molar-refractivity contribution in [1.29, 1.82) is 0 Å². The first kappa shape index (κ1) is 14.9. The van der Waals surface area contributed by atoms with E-state index in [1.54, 1.807) is 19.2 Å². The first-order chi connectivity index (χ1) is 9.51. The Morgan fingerprint density at radius 2 is 1.95 bits per heavy atom. The summed E-state index contributed by atoms with van der Waals surface area (Å²) < 4.78 is 20.1. The van der Waals surface area contributed by atoms with Crippen molar-refractivity contribution in [2.45, 2.75) is 19.9 Å². The summed E-state index contributed by atoms with van der Waals surface area (Å²) in [5.74, 6) is 0.534. The van der Waals surface area contributed by atoms with Gasteiger partial charge in [-0.3, -0.25) is 0 Å². The molecule has 0 heterocycles. The van der Waals surface area contributed by atoms with Gasteiger partial charge in [0, 0.05) is 10.0 Å². The van der Waals surface area contributed by atoms with E-state index in [2.05, 4.69) is 21.2 Å². The number of methoxy groups -OCH3 is 1. The molecule has 1 unspecified atom stereocenters. The zero-order chi connectivity index (χ0) is 14.7. The Bertz CT molecular complexity index is 615. The number of nitrogens with one attached hydrogen (secondary N) is 1. The molecule has 106 valence electrons. The smallest absolute Gasteiger partial charge is 0.142 e. The van der Waals surface area contributed by atoms with Gasteiger partial charge in [-0.15, -0.1) is 0 Å². The second-order valence-electron chi connectivity index (χ2n) is 4.74. The molecule has 0 fully saturated rings. The Kier molecular flexibility index (Phi) is 4.65. The Hall–Kier alpha value is -1.55. The van der Waals surface area contributed by atoms with E-state index in [1.807, 2.05) is 32.0 Å². The lowest BCUT2D eigenvalue weighted by Crippen LogP contribution is -2.09. The largest absolute Gasteiger partial charge is 0.495 e. The van der Waals surface area contributed by atoms with E-state index in [0.717, 1.165) is 21.5 Å². The van der Waals surface area contributed by atoms with Crippen LogP contribution in [0.15, 0.2) is 40.9 Å². The van der Waals surface area contributed by atoms with Crippen LogP contribution in [0.3, 0.4) is 0 Å². The molecule has 0 bridgehead atoms. The lowest BCUT2D eigenvalue weighted by atomic mass is 10.1. The van der Waals surface area contributed by atoms with Gasteiger partial charge in [-0.05, 0) is 49.7 Å². The molecule has 0 spiro atoms. The molecule has 2 rings (SSSR count). The number of hydrogen-bond donors (Lipinski definition) is 1. The summed E-state index contributed by atoms with van der Waals surface area (Å²) in [6.07, 6.45) is 0. The highest BCUT2D eigenvalue weighted by Gasteiger charge is 2.13. The molecule has 1 atom stereocenters. The van der Waals surface area contributed by atoms with Crippen LogP contribution in [0.2, 0.25) is 0 Å². The average Bonchev–Trinajstić information content (AvgIpc) is 2.43. The lowest BCUT2D eigenvalue weighted by molar-refractivity contribution is 0.415. The van der Waals surface area contributed by atoms with E-state index in [9.17, 15) is 4.39 Å². The highest BCUT2D eigenvalue weighted by Crippen LogP contribution is 2.30. The molecule has 0 radical (unpaired) electrons. The summed E-state index contributed by atoms with van der Waals surface area (Å²) >= 11 is 3.37. The summed E-state index contributed by atoms with van der Waals surface area (Å²) in [4.78, 5) is 0. The van der Waals surface area contributed by atoms with Gasteiger partial charge in [0.05, 0.1) is 18.8 Å². The van der Waals surface area contributed by atoms with E-state index in [4.69, 9.17) is 4.74 Å². The van der Waals surface area contributed by atoms with E-state index in [0.29, 0.717) is 5.56 Å². The van der Waals surface area contributed by atoms with Gasteiger partial charge in [-0.2, -0.15) is 0 Å². The molecule has 0 aliphatic rings. The van der Waals surface area contributed by atoms with Crippen molar-refractivity contribution in [2.24, 2.45) is 0 Å². The zero-order valence-electron chi connectivity index (χ0n) is 11.7. The van der Waals surface area contributed by atoms with Gasteiger partial charge in [0.25, 0.3) is 0 Å². The average molecular weight is 338 g/mol. The quantitative estimate of drug-likeness (QED) is 0.840. The maximum absolute atomic E-state index is 13.9. The molecule has 0 saturated heterocycles. The third-order valence-electron chi connectivity index (χ3n) is 3.15. The van der Waals surface area contributed by atoms with Crippen LogP contribution in [0.25, 0.3) is 0 Å². The Morgan fingerprint density at radius 1 is 1.20 bits per heavy atom. The van der Waals surface area contributed by atoms with Crippen LogP contribution in [0, 0.1) is 12.7 Å². The van der Waals surface area contributed by atoms with Crippen LogP contribution in [-0.2, 0) is 0 Å². The molecule has 2 aromatic carbocycles.